The van der Waals surface area contributed by atoms with Crippen LogP contribution in [0.3, 0.4) is 0 Å². The lowest BCUT2D eigenvalue weighted by Crippen LogP contribution is -2.46. The van der Waals surface area contributed by atoms with Gasteiger partial charge in [0, 0.05) is 32.7 Å². The van der Waals surface area contributed by atoms with Crippen molar-refractivity contribution >= 4 is 6.09 Å². The number of ether oxygens (including phenoxy) is 1. The van der Waals surface area contributed by atoms with E-state index in [2.05, 4.69) is 46.4 Å². The fourth-order valence-electron chi connectivity index (χ4n) is 2.66. The number of alkyl carbamates (subject to hydrolysis) is 1. The molecule has 1 atom stereocenters. The van der Waals surface area contributed by atoms with Crippen molar-refractivity contribution in [3.05, 3.63) is 35.9 Å². The van der Waals surface area contributed by atoms with Gasteiger partial charge in [0.1, 0.15) is 0 Å². The van der Waals surface area contributed by atoms with Crippen LogP contribution in [0.15, 0.2) is 30.3 Å². The molecule has 0 saturated carbocycles. The smallest absolute Gasteiger partial charge is 0.407 e. The third kappa shape index (κ3) is 5.36. The molecule has 0 spiro atoms. The van der Waals surface area contributed by atoms with E-state index in [0.717, 1.165) is 32.7 Å². The summed E-state index contributed by atoms with van der Waals surface area (Å²) in [5.41, 5.74) is 1.30. The second-order valence-corrected chi connectivity index (χ2v) is 5.54. The van der Waals surface area contributed by atoms with Crippen molar-refractivity contribution in [3.8, 4) is 0 Å². The minimum Gasteiger partial charge on any atom is -0.450 e. The number of carbonyl (C=O) groups is 1. The summed E-state index contributed by atoms with van der Waals surface area (Å²) >= 11 is 0. The molecule has 5 heteroatoms. The molecule has 1 aromatic rings. The van der Waals surface area contributed by atoms with E-state index in [9.17, 15) is 4.79 Å². The zero-order valence-corrected chi connectivity index (χ0v) is 12.9. The van der Waals surface area contributed by atoms with Crippen LogP contribution in [0.1, 0.15) is 12.5 Å². The molecule has 1 aliphatic rings. The highest BCUT2D eigenvalue weighted by molar-refractivity contribution is 5.67. The van der Waals surface area contributed by atoms with Gasteiger partial charge in [-0.15, -0.1) is 0 Å². The normalized spacial score (nSPS) is 20.8. The fraction of sp³-hybridized carbons (Fsp3) is 0.562. The van der Waals surface area contributed by atoms with Gasteiger partial charge in [0.05, 0.1) is 12.6 Å². The van der Waals surface area contributed by atoms with Crippen molar-refractivity contribution < 1.29 is 9.53 Å². The first kappa shape index (κ1) is 15.8. The second kappa shape index (κ2) is 8.00. The highest BCUT2D eigenvalue weighted by atomic mass is 16.5. The minimum atomic E-state index is -0.322. The van der Waals surface area contributed by atoms with E-state index < -0.39 is 0 Å². The van der Waals surface area contributed by atoms with Crippen molar-refractivity contribution in [2.45, 2.75) is 19.5 Å². The summed E-state index contributed by atoms with van der Waals surface area (Å²) in [7, 11) is 2.09. The van der Waals surface area contributed by atoms with E-state index >= 15 is 0 Å². The van der Waals surface area contributed by atoms with Crippen molar-refractivity contribution in [2.75, 3.05) is 39.8 Å². The molecular formula is C16H25N3O2. The maximum Gasteiger partial charge on any atom is 0.407 e. The molecule has 2 rings (SSSR count). The molecule has 1 unspecified atom stereocenters. The zero-order chi connectivity index (χ0) is 15.1. The monoisotopic (exact) mass is 291 g/mol. The summed E-state index contributed by atoms with van der Waals surface area (Å²) in [5, 5.41) is 2.96. The number of nitrogens with one attached hydrogen (secondary N) is 1. The molecule has 1 aliphatic heterocycles. The Morgan fingerprint density at radius 3 is 2.76 bits per heavy atom. The van der Waals surface area contributed by atoms with E-state index in [0.29, 0.717) is 6.61 Å². The van der Waals surface area contributed by atoms with Crippen LogP contribution in [0.2, 0.25) is 0 Å². The van der Waals surface area contributed by atoms with Gasteiger partial charge in [-0.05, 0) is 19.5 Å². The molecule has 1 fully saturated rings. The number of carbonyl (C=O) groups excluding carboxylic acids is 1. The van der Waals surface area contributed by atoms with Crippen molar-refractivity contribution in [2.24, 2.45) is 0 Å². The van der Waals surface area contributed by atoms with E-state index in [1.165, 1.54) is 5.56 Å². The summed E-state index contributed by atoms with van der Waals surface area (Å²) in [6.45, 7) is 6.85. The van der Waals surface area contributed by atoms with Gasteiger partial charge in [-0.3, -0.25) is 4.90 Å². The van der Waals surface area contributed by atoms with E-state index in [1.54, 1.807) is 0 Å². The topological polar surface area (TPSA) is 44.8 Å². The van der Waals surface area contributed by atoms with Gasteiger partial charge in [0.2, 0.25) is 0 Å². The molecule has 1 saturated heterocycles. The molecule has 1 N–H and O–H groups in total. The highest BCUT2D eigenvalue weighted by Crippen LogP contribution is 2.08. The Morgan fingerprint density at radius 2 is 2.05 bits per heavy atom. The highest BCUT2D eigenvalue weighted by Gasteiger charge is 2.22. The number of nitrogens with zero attached hydrogens (tertiary/aromatic N) is 2. The first-order valence-electron chi connectivity index (χ1n) is 7.55. The van der Waals surface area contributed by atoms with Crippen LogP contribution < -0.4 is 5.32 Å². The molecule has 0 aliphatic carbocycles. The third-order valence-corrected chi connectivity index (χ3v) is 3.66. The molecule has 0 aromatic heterocycles. The predicted molar refractivity (Wildman–Crippen MR) is 83.2 cm³/mol. The van der Waals surface area contributed by atoms with E-state index in [-0.39, 0.29) is 12.1 Å². The number of hydrogen-bond acceptors (Lipinski definition) is 4. The lowest BCUT2D eigenvalue weighted by molar-refractivity contribution is 0.143. The van der Waals surface area contributed by atoms with E-state index in [1.807, 2.05) is 13.0 Å². The molecule has 21 heavy (non-hydrogen) atoms. The Balaban J connectivity index is 1.94. The first-order valence-corrected chi connectivity index (χ1v) is 7.55. The average molecular weight is 291 g/mol. The number of hydrogen-bond donors (Lipinski definition) is 1. The quantitative estimate of drug-likeness (QED) is 0.914. The van der Waals surface area contributed by atoms with Gasteiger partial charge >= 0.3 is 6.09 Å². The SMILES string of the molecule is CCOC(=O)NC1CN(C)CCN(Cc2ccccc2)C1. The van der Waals surface area contributed by atoms with Gasteiger partial charge in [0.15, 0.2) is 0 Å². The standard InChI is InChI=1S/C16H25N3O2/c1-3-21-16(20)17-15-12-18(2)9-10-19(13-15)11-14-7-5-4-6-8-14/h4-8,15H,3,9-13H2,1-2H3,(H,17,20). The molecule has 5 nitrogen and oxygen atoms in total. The Labute approximate surface area is 126 Å². The molecule has 116 valence electrons. The number of likely N-dealkylation sites (N-methyl/N-ethyl adjacent to an activating group) is 1. The van der Waals surface area contributed by atoms with E-state index in [4.69, 9.17) is 4.74 Å². The summed E-state index contributed by atoms with van der Waals surface area (Å²) in [4.78, 5) is 16.3. The summed E-state index contributed by atoms with van der Waals surface area (Å²) in [6, 6.07) is 10.5. The second-order valence-electron chi connectivity index (χ2n) is 5.54. The van der Waals surface area contributed by atoms with Crippen LogP contribution in [-0.2, 0) is 11.3 Å². The van der Waals surface area contributed by atoms with Crippen LogP contribution in [-0.4, -0.2) is 61.8 Å². The molecule has 1 heterocycles. The lowest BCUT2D eigenvalue weighted by Gasteiger charge is -2.24. The number of amides is 1. The van der Waals surface area contributed by atoms with Gasteiger partial charge in [-0.2, -0.15) is 0 Å². The first-order chi connectivity index (χ1) is 10.2. The van der Waals surface area contributed by atoms with Crippen LogP contribution in [0.25, 0.3) is 0 Å². The van der Waals surface area contributed by atoms with Gasteiger partial charge in [-0.1, -0.05) is 30.3 Å². The largest absolute Gasteiger partial charge is 0.450 e. The van der Waals surface area contributed by atoms with Crippen LogP contribution in [0.4, 0.5) is 4.79 Å². The van der Waals surface area contributed by atoms with Crippen LogP contribution in [0, 0.1) is 0 Å². The maximum atomic E-state index is 11.6. The predicted octanol–water partition coefficient (Wildman–Crippen LogP) is 1.55. The molecule has 1 aromatic carbocycles. The average Bonchev–Trinajstić information content (AvgIpc) is 2.62. The van der Waals surface area contributed by atoms with Gasteiger partial charge < -0.3 is 15.0 Å². The molecular weight excluding hydrogens is 266 g/mol. The summed E-state index contributed by atoms with van der Waals surface area (Å²) in [6.07, 6.45) is -0.322. The summed E-state index contributed by atoms with van der Waals surface area (Å²) in [5.74, 6) is 0. The Kier molecular flexibility index (Phi) is 6.02. The maximum absolute atomic E-state index is 11.6. The van der Waals surface area contributed by atoms with Gasteiger partial charge in [0.25, 0.3) is 0 Å². The van der Waals surface area contributed by atoms with Crippen LogP contribution in [0.5, 0.6) is 0 Å². The molecule has 0 bridgehead atoms. The van der Waals surface area contributed by atoms with Gasteiger partial charge in [-0.25, -0.2) is 4.79 Å². The van der Waals surface area contributed by atoms with Crippen molar-refractivity contribution in [1.29, 1.82) is 0 Å². The minimum absolute atomic E-state index is 0.0975. The zero-order valence-electron chi connectivity index (χ0n) is 12.9. The third-order valence-electron chi connectivity index (χ3n) is 3.66. The van der Waals surface area contributed by atoms with Crippen molar-refractivity contribution in [3.63, 3.8) is 0 Å². The summed E-state index contributed by atoms with van der Waals surface area (Å²) < 4.78 is 4.99. The number of benzene rings is 1. The number of rotatable bonds is 4. The molecule has 0 radical (unpaired) electrons. The van der Waals surface area contributed by atoms with Crippen LogP contribution >= 0.6 is 0 Å². The Hall–Kier alpha value is -1.59. The molecule has 1 amide bonds. The van der Waals surface area contributed by atoms with Crippen molar-refractivity contribution in [1.82, 2.24) is 15.1 Å². The Bertz CT molecular complexity index is 438. The Morgan fingerprint density at radius 1 is 1.29 bits per heavy atom. The lowest BCUT2D eigenvalue weighted by atomic mass is 10.2. The fourth-order valence-corrected chi connectivity index (χ4v) is 2.66.